The molecule has 4 nitrogen and oxygen atoms in total. The molecule has 2 heterocycles. The smallest absolute Gasteiger partial charge is 0.140 e. The van der Waals surface area contributed by atoms with Crippen molar-refractivity contribution in [1.29, 1.82) is 0 Å². The average molecular weight is 508 g/mol. The third-order valence-electron chi connectivity index (χ3n) is 7.07. The van der Waals surface area contributed by atoms with E-state index in [2.05, 4.69) is 53.5 Å². The predicted octanol–water partition coefficient (Wildman–Crippen LogP) is 8.02. The standard InChI is InChI=1S/C35H29N3O/c1-38-24-33(37-35(38)26-14-6-3-7-15-26)32-21-30(25-12-4-2-5-13-25)20-27(34(32)39)16-8-9-17-28-22-36-23-29-18-10-11-19-31(28)29/h2-15,18-24,39H,16-17H2,1H3/b9-8-. The number of hydrogen-bond acceptors (Lipinski definition) is 3. The van der Waals surface area contributed by atoms with E-state index in [0.29, 0.717) is 6.42 Å². The lowest BCUT2D eigenvalue weighted by Gasteiger charge is -2.12. The molecule has 190 valence electrons. The first-order valence-electron chi connectivity index (χ1n) is 13.1. The predicted molar refractivity (Wildman–Crippen MR) is 159 cm³/mol. The molecule has 0 saturated carbocycles. The van der Waals surface area contributed by atoms with Gasteiger partial charge in [0, 0.05) is 42.2 Å². The zero-order valence-electron chi connectivity index (χ0n) is 21.8. The van der Waals surface area contributed by atoms with Crippen molar-refractivity contribution in [2.75, 3.05) is 0 Å². The van der Waals surface area contributed by atoms with Gasteiger partial charge in [0.2, 0.25) is 0 Å². The van der Waals surface area contributed by atoms with Gasteiger partial charge in [-0.25, -0.2) is 4.98 Å². The molecule has 0 spiro atoms. The first-order chi connectivity index (χ1) is 19.2. The summed E-state index contributed by atoms with van der Waals surface area (Å²) in [6, 6.07) is 32.8. The number of imidazole rings is 1. The Morgan fingerprint density at radius 3 is 2.15 bits per heavy atom. The summed E-state index contributed by atoms with van der Waals surface area (Å²) in [5, 5.41) is 13.8. The molecule has 6 rings (SSSR count). The molecule has 2 aromatic heterocycles. The van der Waals surface area contributed by atoms with E-state index in [9.17, 15) is 5.11 Å². The number of phenolic OH excluding ortho intramolecular Hbond substituents is 1. The van der Waals surface area contributed by atoms with Gasteiger partial charge in [0.15, 0.2) is 0 Å². The van der Waals surface area contributed by atoms with Crippen LogP contribution in [0.25, 0.3) is 44.5 Å². The molecule has 0 bridgehead atoms. The van der Waals surface area contributed by atoms with Crippen molar-refractivity contribution < 1.29 is 5.11 Å². The van der Waals surface area contributed by atoms with Gasteiger partial charge in [-0.1, -0.05) is 97.1 Å². The molecule has 4 heteroatoms. The van der Waals surface area contributed by atoms with E-state index in [1.54, 1.807) is 0 Å². The molecule has 0 amide bonds. The fourth-order valence-corrected chi connectivity index (χ4v) is 5.06. The van der Waals surface area contributed by atoms with E-state index in [1.807, 2.05) is 90.9 Å². The topological polar surface area (TPSA) is 50.9 Å². The lowest BCUT2D eigenvalue weighted by Crippen LogP contribution is -1.91. The molecule has 1 N–H and O–H groups in total. The first kappa shape index (κ1) is 24.4. The van der Waals surface area contributed by atoms with Crippen molar-refractivity contribution in [2.45, 2.75) is 12.8 Å². The monoisotopic (exact) mass is 507 g/mol. The number of benzene rings is 4. The van der Waals surface area contributed by atoms with E-state index in [-0.39, 0.29) is 5.75 Å². The van der Waals surface area contributed by atoms with Gasteiger partial charge < -0.3 is 9.67 Å². The number of aromatic hydroxyl groups is 1. The Bertz CT molecular complexity index is 1760. The van der Waals surface area contributed by atoms with Crippen LogP contribution in [0.15, 0.2) is 128 Å². The Kier molecular flexibility index (Phi) is 6.75. The fourth-order valence-electron chi connectivity index (χ4n) is 5.06. The van der Waals surface area contributed by atoms with Crippen LogP contribution in [0.1, 0.15) is 11.1 Å². The Hall–Kier alpha value is -4.96. The van der Waals surface area contributed by atoms with Gasteiger partial charge in [-0.15, -0.1) is 0 Å². The summed E-state index contributed by atoms with van der Waals surface area (Å²) in [6.45, 7) is 0. The summed E-state index contributed by atoms with van der Waals surface area (Å²) >= 11 is 0. The van der Waals surface area contributed by atoms with Crippen molar-refractivity contribution >= 4 is 10.8 Å². The van der Waals surface area contributed by atoms with Crippen molar-refractivity contribution in [2.24, 2.45) is 7.05 Å². The molecular formula is C35H29N3O. The maximum absolute atomic E-state index is 11.4. The maximum Gasteiger partial charge on any atom is 0.140 e. The maximum atomic E-state index is 11.4. The van der Waals surface area contributed by atoms with Crippen LogP contribution < -0.4 is 0 Å². The number of aromatic nitrogens is 3. The van der Waals surface area contributed by atoms with Crippen LogP contribution in [-0.4, -0.2) is 19.6 Å². The van der Waals surface area contributed by atoms with E-state index in [4.69, 9.17) is 4.98 Å². The third-order valence-corrected chi connectivity index (χ3v) is 7.07. The van der Waals surface area contributed by atoms with Crippen LogP contribution >= 0.6 is 0 Å². The molecule has 4 aromatic carbocycles. The highest BCUT2D eigenvalue weighted by atomic mass is 16.3. The second kappa shape index (κ2) is 10.8. The number of allylic oxidation sites excluding steroid dienone is 2. The minimum Gasteiger partial charge on any atom is -0.507 e. The van der Waals surface area contributed by atoms with Crippen LogP contribution in [0.2, 0.25) is 0 Å². The number of phenols is 1. The summed E-state index contributed by atoms with van der Waals surface area (Å²) in [6.07, 6.45) is 11.5. The normalized spacial score (nSPS) is 11.4. The number of fused-ring (bicyclic) bond motifs is 1. The summed E-state index contributed by atoms with van der Waals surface area (Å²) in [5.41, 5.74) is 6.73. The zero-order valence-corrected chi connectivity index (χ0v) is 21.8. The van der Waals surface area contributed by atoms with Crippen molar-refractivity contribution in [1.82, 2.24) is 14.5 Å². The highest BCUT2D eigenvalue weighted by molar-refractivity contribution is 5.84. The largest absolute Gasteiger partial charge is 0.507 e. The van der Waals surface area contributed by atoms with Crippen molar-refractivity contribution in [3.05, 3.63) is 139 Å². The summed E-state index contributed by atoms with van der Waals surface area (Å²) < 4.78 is 2.01. The fraction of sp³-hybridized carbons (Fsp3) is 0.0857. The van der Waals surface area contributed by atoms with E-state index in [0.717, 1.165) is 51.1 Å². The van der Waals surface area contributed by atoms with Gasteiger partial charge >= 0.3 is 0 Å². The Morgan fingerprint density at radius 1 is 0.718 bits per heavy atom. The van der Waals surface area contributed by atoms with E-state index < -0.39 is 0 Å². The number of rotatable bonds is 7. The minimum absolute atomic E-state index is 0.267. The molecule has 0 atom stereocenters. The Balaban J connectivity index is 1.35. The van der Waals surface area contributed by atoms with Gasteiger partial charge in [-0.3, -0.25) is 4.98 Å². The van der Waals surface area contributed by atoms with Gasteiger partial charge in [-0.05, 0) is 52.6 Å². The molecule has 0 fully saturated rings. The molecule has 6 aromatic rings. The molecule has 0 aliphatic heterocycles. The second-order valence-corrected chi connectivity index (χ2v) is 9.72. The molecule has 0 aliphatic rings. The number of nitrogens with zero attached hydrogens (tertiary/aromatic N) is 3. The lowest BCUT2D eigenvalue weighted by molar-refractivity contribution is 0.471. The quantitative estimate of drug-likeness (QED) is 0.223. The number of pyridine rings is 1. The molecule has 0 radical (unpaired) electrons. The van der Waals surface area contributed by atoms with Crippen molar-refractivity contribution in [3.63, 3.8) is 0 Å². The lowest BCUT2D eigenvalue weighted by atomic mass is 9.95. The summed E-state index contributed by atoms with van der Waals surface area (Å²) in [5.74, 6) is 1.13. The SMILES string of the molecule is Cn1cc(-c2cc(-c3ccccc3)cc(C/C=C\Cc3cncc4ccccc34)c2O)nc1-c1ccccc1. The van der Waals surface area contributed by atoms with Crippen LogP contribution in [0.3, 0.4) is 0 Å². The number of hydrogen-bond donors (Lipinski definition) is 1. The van der Waals surface area contributed by atoms with Crippen LogP contribution in [0, 0.1) is 0 Å². The molecule has 0 aliphatic carbocycles. The summed E-state index contributed by atoms with van der Waals surface area (Å²) in [7, 11) is 1.99. The molecular weight excluding hydrogens is 478 g/mol. The summed E-state index contributed by atoms with van der Waals surface area (Å²) in [4.78, 5) is 9.33. The highest BCUT2D eigenvalue weighted by Gasteiger charge is 2.17. The van der Waals surface area contributed by atoms with Gasteiger partial charge in [0.1, 0.15) is 11.6 Å². The van der Waals surface area contributed by atoms with Gasteiger partial charge in [0.25, 0.3) is 0 Å². The zero-order chi connectivity index (χ0) is 26.6. The molecule has 0 saturated heterocycles. The number of aryl methyl sites for hydroxylation is 1. The third kappa shape index (κ3) is 5.10. The van der Waals surface area contributed by atoms with Crippen LogP contribution in [-0.2, 0) is 19.9 Å². The van der Waals surface area contributed by atoms with Crippen molar-refractivity contribution in [3.8, 4) is 39.5 Å². The Labute approximate surface area is 228 Å². The minimum atomic E-state index is 0.267. The Morgan fingerprint density at radius 2 is 1.38 bits per heavy atom. The highest BCUT2D eigenvalue weighted by Crippen LogP contribution is 2.38. The van der Waals surface area contributed by atoms with Crippen LogP contribution in [0.4, 0.5) is 0 Å². The molecule has 39 heavy (non-hydrogen) atoms. The molecule has 0 unspecified atom stereocenters. The first-order valence-corrected chi connectivity index (χ1v) is 13.1. The van der Waals surface area contributed by atoms with E-state index >= 15 is 0 Å². The second-order valence-electron chi connectivity index (χ2n) is 9.72. The average Bonchev–Trinajstić information content (AvgIpc) is 3.38. The van der Waals surface area contributed by atoms with E-state index in [1.165, 1.54) is 10.9 Å². The van der Waals surface area contributed by atoms with Gasteiger partial charge in [-0.2, -0.15) is 0 Å². The van der Waals surface area contributed by atoms with Crippen LogP contribution in [0.5, 0.6) is 5.75 Å². The van der Waals surface area contributed by atoms with Gasteiger partial charge in [0.05, 0.1) is 5.69 Å².